The number of hydrogen-bond acceptors (Lipinski definition) is 1. The van der Waals surface area contributed by atoms with Crippen molar-refractivity contribution in [3.05, 3.63) is 34.6 Å². The molecule has 0 fully saturated rings. The van der Waals surface area contributed by atoms with Gasteiger partial charge in [-0.1, -0.05) is 11.8 Å². The third-order valence-electron chi connectivity index (χ3n) is 1.70. The molecule has 1 N–H and O–H groups in total. The first-order valence-electron chi connectivity index (χ1n) is 4.42. The second-order valence-corrected chi connectivity index (χ2v) is 3.75. The number of aliphatic hydroxyl groups is 1. The molecule has 0 saturated carbocycles. The summed E-state index contributed by atoms with van der Waals surface area (Å²) in [6.45, 7) is 2.40. The zero-order valence-electron chi connectivity index (χ0n) is 8.84. The van der Waals surface area contributed by atoms with Crippen LogP contribution in [0.25, 0.3) is 0 Å². The number of rotatable bonds is 0. The number of benzene rings is 1. The number of hydrogen-bond donors (Lipinski definition) is 1. The molecule has 6 heteroatoms. The highest BCUT2D eigenvalue weighted by molar-refractivity contribution is 5.39. The summed E-state index contributed by atoms with van der Waals surface area (Å²) in [5.41, 5.74) is -2.87. The van der Waals surface area contributed by atoms with E-state index in [1.165, 1.54) is 13.8 Å². The van der Waals surface area contributed by atoms with Crippen molar-refractivity contribution in [3.63, 3.8) is 0 Å². The molecule has 0 aliphatic heterocycles. The van der Waals surface area contributed by atoms with Crippen molar-refractivity contribution in [3.8, 4) is 11.8 Å². The van der Waals surface area contributed by atoms with E-state index in [-0.39, 0.29) is 0 Å². The molecule has 0 atom stereocenters. The summed E-state index contributed by atoms with van der Waals surface area (Å²) in [6.07, 6.45) is 0. The third-order valence-corrected chi connectivity index (χ3v) is 1.70. The molecule has 0 unspecified atom stereocenters. The van der Waals surface area contributed by atoms with Crippen molar-refractivity contribution in [2.24, 2.45) is 0 Å². The summed E-state index contributed by atoms with van der Waals surface area (Å²) in [7, 11) is 0. The fraction of sp³-hybridized carbons (Fsp3) is 0.273. The SMILES string of the molecule is CC(C)(O)C#Cc1c(F)c(F)c(F)c(F)c1F. The second-order valence-electron chi connectivity index (χ2n) is 3.75. The Balaban J connectivity index is 3.49. The smallest absolute Gasteiger partial charge is 0.200 e. The van der Waals surface area contributed by atoms with Gasteiger partial charge in [-0.3, -0.25) is 0 Å². The predicted octanol–water partition coefficient (Wildman–Crippen LogP) is 2.50. The van der Waals surface area contributed by atoms with Crippen LogP contribution in [-0.2, 0) is 0 Å². The fourth-order valence-electron chi connectivity index (χ4n) is 0.930. The van der Waals surface area contributed by atoms with Crippen molar-refractivity contribution in [1.29, 1.82) is 0 Å². The van der Waals surface area contributed by atoms with Gasteiger partial charge in [0.05, 0.1) is 0 Å². The van der Waals surface area contributed by atoms with Gasteiger partial charge in [0.1, 0.15) is 11.2 Å². The zero-order chi connectivity index (χ0) is 13.4. The van der Waals surface area contributed by atoms with Gasteiger partial charge in [0, 0.05) is 0 Å². The molecule has 1 aromatic carbocycles. The van der Waals surface area contributed by atoms with Crippen LogP contribution in [0.3, 0.4) is 0 Å². The maximum atomic E-state index is 13.1. The topological polar surface area (TPSA) is 20.2 Å². The summed E-state index contributed by atoms with van der Waals surface area (Å²) in [6, 6.07) is 0. The van der Waals surface area contributed by atoms with Gasteiger partial charge in [0.25, 0.3) is 0 Å². The molecule has 0 heterocycles. The lowest BCUT2D eigenvalue weighted by Gasteiger charge is -2.07. The van der Waals surface area contributed by atoms with E-state index in [1.807, 2.05) is 5.92 Å². The van der Waals surface area contributed by atoms with E-state index in [2.05, 4.69) is 0 Å². The van der Waals surface area contributed by atoms with Gasteiger partial charge in [-0.25, -0.2) is 22.0 Å². The first kappa shape index (κ1) is 13.5. The molecular formula is C11H7F5O. The quantitative estimate of drug-likeness (QED) is 0.324. The number of halogens is 5. The molecule has 0 aromatic heterocycles. The highest BCUT2D eigenvalue weighted by Gasteiger charge is 2.24. The van der Waals surface area contributed by atoms with E-state index in [4.69, 9.17) is 0 Å². The normalized spacial score (nSPS) is 11.1. The Morgan fingerprint density at radius 1 is 0.824 bits per heavy atom. The molecule has 0 amide bonds. The largest absolute Gasteiger partial charge is 0.378 e. The van der Waals surface area contributed by atoms with E-state index >= 15 is 0 Å². The Labute approximate surface area is 93.9 Å². The summed E-state index contributed by atoms with van der Waals surface area (Å²) >= 11 is 0. The third kappa shape index (κ3) is 2.74. The predicted molar refractivity (Wildman–Crippen MR) is 49.4 cm³/mol. The monoisotopic (exact) mass is 250 g/mol. The van der Waals surface area contributed by atoms with Crippen molar-refractivity contribution >= 4 is 0 Å². The first-order chi connectivity index (χ1) is 7.65. The van der Waals surface area contributed by atoms with Crippen LogP contribution in [0, 0.1) is 40.9 Å². The van der Waals surface area contributed by atoms with Crippen LogP contribution >= 0.6 is 0 Å². The minimum atomic E-state index is -2.24. The van der Waals surface area contributed by atoms with E-state index < -0.39 is 40.3 Å². The van der Waals surface area contributed by atoms with Crippen LogP contribution in [0.15, 0.2) is 0 Å². The Morgan fingerprint density at radius 2 is 1.18 bits per heavy atom. The highest BCUT2D eigenvalue weighted by atomic mass is 19.2. The zero-order valence-corrected chi connectivity index (χ0v) is 8.84. The van der Waals surface area contributed by atoms with Gasteiger partial charge in [0.15, 0.2) is 23.3 Å². The molecule has 0 bridgehead atoms. The van der Waals surface area contributed by atoms with E-state index in [9.17, 15) is 27.1 Å². The molecular weight excluding hydrogens is 243 g/mol. The van der Waals surface area contributed by atoms with Crippen LogP contribution < -0.4 is 0 Å². The lowest BCUT2D eigenvalue weighted by molar-refractivity contribution is 0.143. The molecule has 92 valence electrons. The summed E-state index contributed by atoms with van der Waals surface area (Å²) < 4.78 is 64.3. The van der Waals surface area contributed by atoms with Crippen LogP contribution in [-0.4, -0.2) is 10.7 Å². The van der Waals surface area contributed by atoms with Crippen molar-refractivity contribution in [1.82, 2.24) is 0 Å². The van der Waals surface area contributed by atoms with E-state index in [0.29, 0.717) is 0 Å². The summed E-state index contributed by atoms with van der Waals surface area (Å²) in [5.74, 6) is -6.71. The van der Waals surface area contributed by atoms with Crippen molar-refractivity contribution in [2.75, 3.05) is 0 Å². The minimum Gasteiger partial charge on any atom is -0.378 e. The second kappa shape index (κ2) is 4.34. The highest BCUT2D eigenvalue weighted by Crippen LogP contribution is 2.22. The van der Waals surface area contributed by atoms with Crippen molar-refractivity contribution < 1.29 is 27.1 Å². The van der Waals surface area contributed by atoms with Gasteiger partial charge in [0.2, 0.25) is 5.82 Å². The van der Waals surface area contributed by atoms with Crippen LogP contribution in [0.4, 0.5) is 22.0 Å². The Morgan fingerprint density at radius 3 is 1.53 bits per heavy atom. The molecule has 1 aromatic rings. The van der Waals surface area contributed by atoms with Gasteiger partial charge < -0.3 is 5.11 Å². The molecule has 1 rings (SSSR count). The Kier molecular flexibility index (Phi) is 3.43. The fourth-order valence-corrected chi connectivity index (χ4v) is 0.930. The first-order valence-corrected chi connectivity index (χ1v) is 4.42. The lowest BCUT2D eigenvalue weighted by Crippen LogP contribution is -2.15. The maximum absolute atomic E-state index is 13.1. The Bertz CT molecular complexity index is 490. The van der Waals surface area contributed by atoms with Crippen LogP contribution in [0.5, 0.6) is 0 Å². The molecule has 0 saturated heterocycles. The Hall–Kier alpha value is -1.61. The van der Waals surface area contributed by atoms with Gasteiger partial charge in [-0.05, 0) is 13.8 Å². The summed E-state index contributed by atoms with van der Waals surface area (Å²) in [5, 5.41) is 9.17. The molecule has 0 aliphatic carbocycles. The van der Waals surface area contributed by atoms with Crippen LogP contribution in [0.2, 0.25) is 0 Å². The molecule has 0 aliphatic rings. The van der Waals surface area contributed by atoms with Gasteiger partial charge >= 0.3 is 0 Å². The van der Waals surface area contributed by atoms with E-state index in [0.717, 1.165) is 0 Å². The van der Waals surface area contributed by atoms with Crippen LogP contribution in [0.1, 0.15) is 19.4 Å². The standard InChI is InChI=1S/C11H7F5O/c1-11(2,17)4-3-5-6(12)8(14)10(16)9(15)7(5)13/h17H,1-2H3. The summed E-state index contributed by atoms with van der Waals surface area (Å²) in [4.78, 5) is 0. The maximum Gasteiger partial charge on any atom is 0.200 e. The molecule has 17 heavy (non-hydrogen) atoms. The molecule has 0 spiro atoms. The van der Waals surface area contributed by atoms with Gasteiger partial charge in [-0.15, -0.1) is 0 Å². The average Bonchev–Trinajstić information content (AvgIpc) is 2.22. The minimum absolute atomic E-state index is 1.20. The van der Waals surface area contributed by atoms with E-state index in [1.54, 1.807) is 5.92 Å². The van der Waals surface area contributed by atoms with Gasteiger partial charge in [-0.2, -0.15) is 0 Å². The lowest BCUT2D eigenvalue weighted by atomic mass is 10.1. The van der Waals surface area contributed by atoms with Crippen molar-refractivity contribution in [2.45, 2.75) is 19.4 Å². The molecule has 1 nitrogen and oxygen atoms in total. The average molecular weight is 250 g/mol. The molecule has 0 radical (unpaired) electrons.